The molecule has 6 N–H and O–H groups in total. The monoisotopic (exact) mass is 945 g/mol. The fourth-order valence-corrected chi connectivity index (χ4v) is 9.04. The van der Waals surface area contributed by atoms with Crippen molar-refractivity contribution in [2.45, 2.75) is 268 Å². The van der Waals surface area contributed by atoms with E-state index in [0.717, 1.165) is 64.2 Å². The number of phosphoric acid groups is 1. The molecule has 0 heterocycles. The van der Waals surface area contributed by atoms with Gasteiger partial charge in [0.25, 0.3) is 0 Å². The molecule has 1 aliphatic carbocycles. The number of phosphoric ester groups is 1. The van der Waals surface area contributed by atoms with Crippen molar-refractivity contribution in [1.82, 2.24) is 0 Å². The van der Waals surface area contributed by atoms with Crippen LogP contribution in [0.2, 0.25) is 0 Å². The fraction of sp³-hybridized carbons (Fsp3) is 0.865. The Bertz CT molecular complexity index is 1210. The van der Waals surface area contributed by atoms with E-state index in [-0.39, 0.29) is 13.0 Å². The van der Waals surface area contributed by atoms with Crippen LogP contribution in [0.15, 0.2) is 36.5 Å². The van der Waals surface area contributed by atoms with Crippen LogP contribution in [0.3, 0.4) is 0 Å². The highest BCUT2D eigenvalue weighted by atomic mass is 31.2. The van der Waals surface area contributed by atoms with E-state index in [1.807, 2.05) is 0 Å². The van der Waals surface area contributed by atoms with Gasteiger partial charge in [0.2, 0.25) is 0 Å². The van der Waals surface area contributed by atoms with Gasteiger partial charge in [-0.15, -0.1) is 0 Å². The molecule has 1 fully saturated rings. The number of ether oxygens (including phenoxy) is 2. The summed E-state index contributed by atoms with van der Waals surface area (Å²) in [7, 11) is -5.02. The predicted octanol–water partition coefficient (Wildman–Crippen LogP) is 11.8. The summed E-state index contributed by atoms with van der Waals surface area (Å²) >= 11 is 0. The van der Waals surface area contributed by atoms with Crippen LogP contribution >= 0.6 is 7.82 Å². The van der Waals surface area contributed by atoms with Gasteiger partial charge in [0.1, 0.15) is 42.7 Å². The summed E-state index contributed by atoms with van der Waals surface area (Å²) in [4.78, 5) is 23.3. The maximum Gasteiger partial charge on any atom is 0.472 e. The first-order valence-corrected chi connectivity index (χ1v) is 27.8. The SMILES string of the molecule is CCCCC/C=C\C/C=C\C/C=C\CCCCCCCCCOCC(COP(=O)(O)OC1C(O)C(O)C(O)C(O)C1O)OC(=O)CCCCCCCCCCCCCCCCCCCC. The number of aliphatic hydroxyl groups excluding tert-OH is 5. The first kappa shape index (κ1) is 61.6. The molecule has 0 aromatic heterocycles. The van der Waals surface area contributed by atoms with Gasteiger partial charge >= 0.3 is 13.8 Å². The van der Waals surface area contributed by atoms with Crippen LogP contribution in [-0.4, -0.2) is 98.9 Å². The van der Waals surface area contributed by atoms with Gasteiger partial charge in [-0.1, -0.05) is 204 Å². The molecule has 0 aromatic rings. The van der Waals surface area contributed by atoms with Gasteiger partial charge in [0.05, 0.1) is 13.2 Å². The van der Waals surface area contributed by atoms with E-state index in [4.69, 9.17) is 18.5 Å². The smallest absolute Gasteiger partial charge is 0.457 e. The second-order valence-electron chi connectivity index (χ2n) is 18.4. The Kier molecular flexibility index (Phi) is 40.4. The van der Waals surface area contributed by atoms with Gasteiger partial charge < -0.3 is 39.9 Å². The van der Waals surface area contributed by atoms with Crippen molar-refractivity contribution < 1.29 is 58.3 Å². The number of hydrogen-bond donors (Lipinski definition) is 6. The quantitative estimate of drug-likeness (QED) is 0.0147. The zero-order chi connectivity index (χ0) is 47.6. The predicted molar refractivity (Wildman–Crippen MR) is 263 cm³/mol. The van der Waals surface area contributed by atoms with Crippen molar-refractivity contribution >= 4 is 13.8 Å². The molecule has 65 heavy (non-hydrogen) atoms. The standard InChI is InChI=1S/C52H97O12P/c1-3-5-7-9-11-13-15-17-19-21-23-24-26-28-30-32-34-36-38-40-42-61-43-45(44-62-65(59,60)64-52-50(57)48(55)47(54)49(56)51(52)58)63-46(53)41-39-37-35-33-31-29-27-25-22-20-18-16-14-12-10-8-6-4-2/h11,13,17,19,23-24,45,47-52,54-58H,3-10,12,14-16,18,20-22,25-44H2,1-2H3,(H,59,60)/b13-11-,19-17-,24-23-. The summed E-state index contributed by atoms with van der Waals surface area (Å²) < 4.78 is 34.3. The number of esters is 1. The van der Waals surface area contributed by atoms with Gasteiger partial charge in [0.15, 0.2) is 0 Å². The Morgan fingerprint density at radius 3 is 1.34 bits per heavy atom. The maximum atomic E-state index is 12.9. The van der Waals surface area contributed by atoms with Gasteiger partial charge in [-0.05, 0) is 51.4 Å². The molecule has 0 radical (unpaired) electrons. The molecule has 0 spiro atoms. The molecule has 13 heteroatoms. The minimum Gasteiger partial charge on any atom is -0.457 e. The minimum absolute atomic E-state index is 0.0807. The van der Waals surface area contributed by atoms with Crippen LogP contribution in [0.4, 0.5) is 0 Å². The van der Waals surface area contributed by atoms with Crippen LogP contribution in [0.1, 0.15) is 226 Å². The van der Waals surface area contributed by atoms with Crippen molar-refractivity contribution in [3.63, 3.8) is 0 Å². The van der Waals surface area contributed by atoms with Gasteiger partial charge in [-0.2, -0.15) is 0 Å². The first-order valence-electron chi connectivity index (χ1n) is 26.3. The second kappa shape index (κ2) is 42.6. The Balaban J connectivity index is 2.34. The van der Waals surface area contributed by atoms with Gasteiger partial charge in [0, 0.05) is 13.0 Å². The summed E-state index contributed by atoms with van der Waals surface area (Å²) in [5.41, 5.74) is 0. The lowest BCUT2D eigenvalue weighted by molar-refractivity contribution is -0.220. The Labute approximate surface area is 395 Å². The molecule has 1 rings (SSSR count). The second-order valence-corrected chi connectivity index (χ2v) is 19.8. The zero-order valence-corrected chi connectivity index (χ0v) is 41.9. The molecule has 0 amide bonds. The Hall–Kier alpha value is -1.44. The minimum atomic E-state index is -5.02. The molecule has 0 aliphatic heterocycles. The van der Waals surface area contributed by atoms with Crippen LogP contribution in [0.25, 0.3) is 0 Å². The zero-order valence-electron chi connectivity index (χ0n) is 41.0. The van der Waals surface area contributed by atoms with Crippen molar-refractivity contribution in [3.8, 4) is 0 Å². The van der Waals surface area contributed by atoms with Gasteiger partial charge in [-0.3, -0.25) is 13.8 Å². The van der Waals surface area contributed by atoms with E-state index < -0.39 is 63.1 Å². The van der Waals surface area contributed by atoms with E-state index in [0.29, 0.717) is 13.0 Å². The number of aliphatic hydroxyl groups is 5. The van der Waals surface area contributed by atoms with Crippen molar-refractivity contribution in [2.24, 2.45) is 0 Å². The van der Waals surface area contributed by atoms with Crippen LogP contribution in [0.5, 0.6) is 0 Å². The fourth-order valence-electron chi connectivity index (χ4n) is 8.07. The summed E-state index contributed by atoms with van der Waals surface area (Å²) in [6.07, 6.45) is 39.2. The van der Waals surface area contributed by atoms with E-state index >= 15 is 0 Å². The van der Waals surface area contributed by atoms with Crippen molar-refractivity contribution in [1.29, 1.82) is 0 Å². The van der Waals surface area contributed by atoms with E-state index in [2.05, 4.69) is 50.3 Å². The molecule has 382 valence electrons. The molecule has 1 aliphatic rings. The lowest BCUT2D eigenvalue weighted by atomic mass is 9.85. The molecule has 6 unspecified atom stereocenters. The Morgan fingerprint density at radius 1 is 0.492 bits per heavy atom. The largest absolute Gasteiger partial charge is 0.472 e. The van der Waals surface area contributed by atoms with Crippen LogP contribution in [-0.2, 0) is 27.9 Å². The maximum absolute atomic E-state index is 12.9. The number of carbonyl (C=O) groups excluding carboxylic acids is 1. The third-order valence-corrected chi connectivity index (χ3v) is 13.3. The van der Waals surface area contributed by atoms with Crippen molar-refractivity contribution in [3.05, 3.63) is 36.5 Å². The number of hydrogen-bond acceptors (Lipinski definition) is 11. The summed E-state index contributed by atoms with van der Waals surface area (Å²) in [5, 5.41) is 50.3. The van der Waals surface area contributed by atoms with E-state index in [1.54, 1.807) is 0 Å². The Morgan fingerprint density at radius 2 is 0.862 bits per heavy atom. The summed E-state index contributed by atoms with van der Waals surface area (Å²) in [6.45, 7) is 4.25. The van der Waals surface area contributed by atoms with Gasteiger partial charge in [-0.25, -0.2) is 4.57 Å². The van der Waals surface area contributed by atoms with Crippen LogP contribution < -0.4 is 0 Å². The van der Waals surface area contributed by atoms with Crippen LogP contribution in [0, 0.1) is 0 Å². The molecular formula is C52H97O12P. The molecule has 12 nitrogen and oxygen atoms in total. The highest BCUT2D eigenvalue weighted by molar-refractivity contribution is 7.47. The molecule has 1 saturated carbocycles. The average molecular weight is 945 g/mol. The topological polar surface area (TPSA) is 192 Å². The summed E-state index contributed by atoms with van der Waals surface area (Å²) in [5.74, 6) is -0.477. The highest BCUT2D eigenvalue weighted by Crippen LogP contribution is 2.47. The lowest BCUT2D eigenvalue weighted by Gasteiger charge is -2.41. The number of unbranched alkanes of at least 4 members (excludes halogenated alkanes) is 27. The number of allylic oxidation sites excluding steroid dienone is 6. The molecule has 0 bridgehead atoms. The summed E-state index contributed by atoms with van der Waals surface area (Å²) in [6, 6.07) is 0. The third-order valence-electron chi connectivity index (χ3n) is 12.3. The third kappa shape index (κ3) is 34.5. The number of carbonyl (C=O) groups is 1. The molecular weight excluding hydrogens is 848 g/mol. The number of rotatable bonds is 45. The normalized spacial score (nSPS) is 21.8. The lowest BCUT2D eigenvalue weighted by Crippen LogP contribution is -2.64. The van der Waals surface area contributed by atoms with Crippen molar-refractivity contribution in [2.75, 3.05) is 19.8 Å². The van der Waals surface area contributed by atoms with E-state index in [1.165, 1.54) is 135 Å². The first-order chi connectivity index (χ1) is 31.5. The highest BCUT2D eigenvalue weighted by Gasteiger charge is 2.51. The average Bonchev–Trinajstić information content (AvgIpc) is 3.29. The molecule has 0 aromatic carbocycles. The van der Waals surface area contributed by atoms with E-state index in [9.17, 15) is 39.8 Å². The molecule has 0 saturated heterocycles. The molecule has 6 atom stereocenters.